The van der Waals surface area contributed by atoms with Crippen molar-refractivity contribution in [3.05, 3.63) is 0 Å². The van der Waals surface area contributed by atoms with Crippen LogP contribution in [0.2, 0.25) is 0 Å². The molecule has 2 aliphatic heterocycles. The number of sulfonamides is 1. The summed E-state index contributed by atoms with van der Waals surface area (Å²) in [5, 5.41) is 3.24. The zero-order valence-corrected chi connectivity index (χ0v) is 9.74. The van der Waals surface area contributed by atoms with Crippen molar-refractivity contribution in [3.8, 4) is 0 Å². The van der Waals surface area contributed by atoms with Crippen LogP contribution in [0.4, 0.5) is 0 Å². The largest absolute Gasteiger partial charge is 0.315 e. The highest BCUT2D eigenvalue weighted by Gasteiger charge is 2.34. The van der Waals surface area contributed by atoms with Gasteiger partial charge in [-0.25, -0.2) is 8.42 Å². The van der Waals surface area contributed by atoms with Gasteiger partial charge in [-0.3, -0.25) is 0 Å². The van der Waals surface area contributed by atoms with Gasteiger partial charge in [-0.05, 0) is 25.8 Å². The van der Waals surface area contributed by atoms with Gasteiger partial charge in [0.05, 0.1) is 5.75 Å². The van der Waals surface area contributed by atoms with Crippen molar-refractivity contribution in [2.24, 2.45) is 0 Å². The number of nitrogens with one attached hydrogen (secondary N) is 1. The Balaban J connectivity index is 0.000000980. The molecule has 0 spiro atoms. The van der Waals surface area contributed by atoms with E-state index in [1.807, 2.05) is 0 Å². The summed E-state index contributed by atoms with van der Waals surface area (Å²) in [6, 6.07) is 0.223. The normalized spacial score (nSPS) is 32.4. The van der Waals surface area contributed by atoms with Crippen molar-refractivity contribution in [1.29, 1.82) is 0 Å². The van der Waals surface area contributed by atoms with Crippen molar-refractivity contribution < 1.29 is 8.42 Å². The summed E-state index contributed by atoms with van der Waals surface area (Å²) in [5.74, 6) is 0.351. The first-order valence-electron chi connectivity index (χ1n) is 4.90. The molecule has 2 fully saturated rings. The van der Waals surface area contributed by atoms with Crippen LogP contribution in [0.15, 0.2) is 0 Å². The minimum absolute atomic E-state index is 0. The maximum absolute atomic E-state index is 11.6. The van der Waals surface area contributed by atoms with Crippen LogP contribution in [-0.4, -0.2) is 44.2 Å². The van der Waals surface area contributed by atoms with Crippen LogP contribution in [0.3, 0.4) is 0 Å². The van der Waals surface area contributed by atoms with Gasteiger partial charge in [0, 0.05) is 19.1 Å². The zero-order valence-electron chi connectivity index (χ0n) is 8.11. The number of hydrogen-bond acceptors (Lipinski definition) is 3. The highest BCUT2D eigenvalue weighted by atomic mass is 35.5. The molecule has 1 unspecified atom stereocenters. The van der Waals surface area contributed by atoms with Gasteiger partial charge in [0.15, 0.2) is 0 Å². The van der Waals surface area contributed by atoms with E-state index in [4.69, 9.17) is 0 Å². The monoisotopic (exact) mass is 240 g/mol. The number of hydrogen-bond donors (Lipinski definition) is 1. The Morgan fingerprint density at radius 1 is 1.29 bits per heavy atom. The van der Waals surface area contributed by atoms with Gasteiger partial charge in [0.1, 0.15) is 0 Å². The van der Waals surface area contributed by atoms with Gasteiger partial charge < -0.3 is 5.32 Å². The number of halogens is 1. The van der Waals surface area contributed by atoms with Crippen LogP contribution in [0, 0.1) is 0 Å². The van der Waals surface area contributed by atoms with Crippen LogP contribution >= 0.6 is 12.4 Å². The van der Waals surface area contributed by atoms with Crippen LogP contribution < -0.4 is 5.32 Å². The smallest absolute Gasteiger partial charge is 0.214 e. The van der Waals surface area contributed by atoms with Gasteiger partial charge in [0.25, 0.3) is 0 Å². The topological polar surface area (TPSA) is 49.4 Å². The lowest BCUT2D eigenvalue weighted by Gasteiger charge is -2.29. The third kappa shape index (κ3) is 2.39. The number of rotatable bonds is 1. The highest BCUT2D eigenvalue weighted by Crippen LogP contribution is 2.20. The molecule has 0 saturated carbocycles. The van der Waals surface area contributed by atoms with E-state index >= 15 is 0 Å². The van der Waals surface area contributed by atoms with Gasteiger partial charge >= 0.3 is 0 Å². The van der Waals surface area contributed by atoms with Crippen molar-refractivity contribution >= 4 is 22.4 Å². The summed E-state index contributed by atoms with van der Waals surface area (Å²) in [6.45, 7) is 2.60. The average molecular weight is 241 g/mol. The van der Waals surface area contributed by atoms with E-state index in [1.165, 1.54) is 0 Å². The molecule has 84 valence electrons. The van der Waals surface area contributed by atoms with E-state index in [-0.39, 0.29) is 18.4 Å². The quantitative estimate of drug-likeness (QED) is 0.712. The van der Waals surface area contributed by atoms with Crippen LogP contribution in [0.1, 0.15) is 19.3 Å². The second kappa shape index (κ2) is 4.79. The fourth-order valence-electron chi connectivity index (χ4n) is 2.15. The fraction of sp³-hybridized carbons (Fsp3) is 1.00. The number of piperidine rings is 1. The first-order chi connectivity index (χ1) is 6.20. The Hall–Kier alpha value is 0.160. The molecule has 6 heteroatoms. The summed E-state index contributed by atoms with van der Waals surface area (Å²) in [6.07, 6.45) is 2.92. The average Bonchev–Trinajstić information content (AvgIpc) is 2.47. The Kier molecular flexibility index (Phi) is 4.18. The van der Waals surface area contributed by atoms with Crippen molar-refractivity contribution in [2.45, 2.75) is 25.3 Å². The molecular weight excluding hydrogens is 224 g/mol. The van der Waals surface area contributed by atoms with E-state index in [0.29, 0.717) is 5.75 Å². The van der Waals surface area contributed by atoms with E-state index in [9.17, 15) is 8.42 Å². The third-order valence-electron chi connectivity index (χ3n) is 2.82. The van der Waals surface area contributed by atoms with Crippen LogP contribution in [-0.2, 0) is 10.0 Å². The zero-order chi connectivity index (χ0) is 9.31. The maximum Gasteiger partial charge on any atom is 0.214 e. The molecule has 2 rings (SSSR count). The van der Waals surface area contributed by atoms with Gasteiger partial charge in [-0.2, -0.15) is 4.31 Å². The molecule has 0 aliphatic carbocycles. The summed E-state index contributed by atoms with van der Waals surface area (Å²) >= 11 is 0. The van der Waals surface area contributed by atoms with Gasteiger partial charge in [-0.15, -0.1) is 12.4 Å². The molecule has 0 aromatic rings. The Morgan fingerprint density at radius 2 is 2.07 bits per heavy atom. The first kappa shape index (κ1) is 12.2. The Bertz CT molecular complexity index is 275. The highest BCUT2D eigenvalue weighted by molar-refractivity contribution is 7.89. The minimum Gasteiger partial charge on any atom is -0.315 e. The summed E-state index contributed by atoms with van der Waals surface area (Å²) in [4.78, 5) is 0. The molecule has 0 aromatic heterocycles. The van der Waals surface area contributed by atoms with E-state index < -0.39 is 10.0 Å². The molecule has 0 amide bonds. The first-order valence-corrected chi connectivity index (χ1v) is 6.51. The van der Waals surface area contributed by atoms with Crippen molar-refractivity contribution in [3.63, 3.8) is 0 Å². The predicted octanol–water partition coefficient (Wildman–Crippen LogP) is 0.196. The predicted molar refractivity (Wildman–Crippen MR) is 58.2 cm³/mol. The molecule has 4 nitrogen and oxygen atoms in total. The van der Waals surface area contributed by atoms with Crippen LogP contribution in [0.25, 0.3) is 0 Å². The molecule has 2 aliphatic rings. The molecule has 0 radical (unpaired) electrons. The van der Waals surface area contributed by atoms with Gasteiger partial charge in [-0.1, -0.05) is 0 Å². The lowest BCUT2D eigenvalue weighted by molar-refractivity contribution is 0.281. The molecule has 0 aromatic carbocycles. The number of nitrogens with zero attached hydrogens (tertiary/aromatic N) is 1. The molecule has 0 bridgehead atoms. The summed E-state index contributed by atoms with van der Waals surface area (Å²) in [5.41, 5.74) is 0. The van der Waals surface area contributed by atoms with E-state index in [1.54, 1.807) is 4.31 Å². The third-order valence-corrected chi connectivity index (χ3v) is 4.82. The molecule has 1 atom stereocenters. The lowest BCUT2D eigenvalue weighted by Crippen LogP contribution is -2.46. The van der Waals surface area contributed by atoms with E-state index in [0.717, 1.165) is 38.9 Å². The Labute approximate surface area is 91.5 Å². The van der Waals surface area contributed by atoms with Crippen molar-refractivity contribution in [2.75, 3.05) is 25.4 Å². The Morgan fingerprint density at radius 3 is 2.57 bits per heavy atom. The second-order valence-electron chi connectivity index (χ2n) is 3.78. The molecule has 14 heavy (non-hydrogen) atoms. The fourth-order valence-corrected chi connectivity index (χ4v) is 3.92. The maximum atomic E-state index is 11.6. The van der Waals surface area contributed by atoms with E-state index in [2.05, 4.69) is 5.32 Å². The molecule has 1 N–H and O–H groups in total. The standard InChI is InChI=1S/C8H16N2O2S.ClH/c11-13(12)6-2-5-10(13)8-3-1-4-9-7-8;/h8-9H,1-7H2;1H. The molecular formula is C8H17ClN2O2S. The summed E-state index contributed by atoms with van der Waals surface area (Å²) in [7, 11) is -2.89. The molecule has 2 heterocycles. The van der Waals surface area contributed by atoms with Crippen LogP contribution in [0.5, 0.6) is 0 Å². The molecule has 2 saturated heterocycles. The minimum atomic E-state index is -2.89. The second-order valence-corrected chi connectivity index (χ2v) is 5.82. The van der Waals surface area contributed by atoms with Gasteiger partial charge in [0.2, 0.25) is 10.0 Å². The SMILES string of the molecule is Cl.O=S1(=O)CCCN1C1CCCNC1. The lowest BCUT2D eigenvalue weighted by atomic mass is 10.1. The van der Waals surface area contributed by atoms with Crippen molar-refractivity contribution in [1.82, 2.24) is 9.62 Å². The summed E-state index contributed by atoms with van der Waals surface area (Å²) < 4.78 is 24.8.